The van der Waals surface area contributed by atoms with Gasteiger partial charge < -0.3 is 15.4 Å². The van der Waals surface area contributed by atoms with Crippen LogP contribution in [0.5, 0.6) is 0 Å². The summed E-state index contributed by atoms with van der Waals surface area (Å²) >= 11 is 0. The van der Waals surface area contributed by atoms with E-state index >= 15 is 0 Å². The van der Waals surface area contributed by atoms with Crippen molar-refractivity contribution in [3.8, 4) is 0 Å². The van der Waals surface area contributed by atoms with E-state index in [1.165, 1.54) is 6.42 Å². The predicted octanol–water partition coefficient (Wildman–Crippen LogP) is 2.23. The second kappa shape index (κ2) is 6.26. The van der Waals surface area contributed by atoms with E-state index in [0.717, 1.165) is 18.4 Å². The summed E-state index contributed by atoms with van der Waals surface area (Å²) in [5, 5.41) is 6.44. The van der Waals surface area contributed by atoms with Gasteiger partial charge in [-0.05, 0) is 24.8 Å². The lowest BCUT2D eigenvalue weighted by Crippen LogP contribution is -2.43. The average Bonchev–Trinajstić information content (AvgIpc) is 3.00. The molecule has 2 bridgehead atoms. The van der Waals surface area contributed by atoms with E-state index in [2.05, 4.69) is 10.6 Å². The third-order valence-electron chi connectivity index (χ3n) is 3.82. The van der Waals surface area contributed by atoms with Crippen LogP contribution in [0.15, 0.2) is 30.3 Å². The molecular formula is C14H19ClN2O2. The Morgan fingerprint density at radius 3 is 2.74 bits per heavy atom. The monoisotopic (exact) mass is 282 g/mol. The lowest BCUT2D eigenvalue weighted by Gasteiger charge is -2.21. The Bertz CT molecular complexity index is 427. The number of ether oxygens (including phenoxy) is 1. The molecule has 3 atom stereocenters. The fourth-order valence-electron chi connectivity index (χ4n) is 2.90. The van der Waals surface area contributed by atoms with Gasteiger partial charge in [-0.15, -0.1) is 12.4 Å². The van der Waals surface area contributed by atoms with E-state index in [-0.39, 0.29) is 24.5 Å². The molecule has 2 N–H and O–H groups in total. The molecule has 4 nitrogen and oxygen atoms in total. The Morgan fingerprint density at radius 1 is 1.32 bits per heavy atom. The first-order valence-electron chi connectivity index (χ1n) is 6.54. The molecule has 1 aromatic rings. The standard InChI is InChI=1S/C14H18N2O2.ClH/c17-14(18-9-10-4-2-1-3-5-10)16-13-8-11-6-7-12(13)15-11;/h1-5,11-13,15H,6-9H2,(H,16,17);1H/t11-,12+,13+;/m0./s1. The van der Waals surface area contributed by atoms with Crippen molar-refractivity contribution in [2.75, 3.05) is 0 Å². The van der Waals surface area contributed by atoms with Crippen LogP contribution >= 0.6 is 12.4 Å². The zero-order chi connectivity index (χ0) is 12.4. The topological polar surface area (TPSA) is 50.4 Å². The van der Waals surface area contributed by atoms with Crippen LogP contribution in [0.2, 0.25) is 0 Å². The first kappa shape index (κ1) is 14.2. The molecule has 5 heteroatoms. The number of carbonyl (C=O) groups is 1. The molecule has 0 aliphatic carbocycles. The van der Waals surface area contributed by atoms with E-state index < -0.39 is 0 Å². The van der Waals surface area contributed by atoms with Crippen LogP contribution in [-0.4, -0.2) is 24.2 Å². The molecule has 2 fully saturated rings. The summed E-state index contributed by atoms with van der Waals surface area (Å²) in [6.45, 7) is 0.334. The smallest absolute Gasteiger partial charge is 0.407 e. The fourth-order valence-corrected chi connectivity index (χ4v) is 2.90. The number of halogens is 1. The highest BCUT2D eigenvalue weighted by atomic mass is 35.5. The van der Waals surface area contributed by atoms with Gasteiger partial charge in [0, 0.05) is 18.1 Å². The van der Waals surface area contributed by atoms with Crippen LogP contribution in [0.3, 0.4) is 0 Å². The van der Waals surface area contributed by atoms with E-state index in [4.69, 9.17) is 4.74 Å². The summed E-state index contributed by atoms with van der Waals surface area (Å²) in [6, 6.07) is 11.0. The van der Waals surface area contributed by atoms with Gasteiger partial charge in [0.15, 0.2) is 0 Å². The Labute approximate surface area is 119 Å². The molecule has 2 saturated heterocycles. The maximum absolute atomic E-state index is 11.7. The predicted molar refractivity (Wildman–Crippen MR) is 75.4 cm³/mol. The van der Waals surface area contributed by atoms with Gasteiger partial charge in [0.05, 0.1) is 0 Å². The van der Waals surface area contributed by atoms with Crippen LogP contribution in [0.1, 0.15) is 24.8 Å². The Hall–Kier alpha value is -1.26. The van der Waals surface area contributed by atoms with Crippen LogP contribution in [0.25, 0.3) is 0 Å². The van der Waals surface area contributed by atoms with Crippen LogP contribution in [0, 0.1) is 0 Å². The molecule has 0 radical (unpaired) electrons. The number of amides is 1. The number of nitrogens with one attached hydrogen (secondary N) is 2. The van der Waals surface area contributed by atoms with Crippen molar-refractivity contribution in [3.05, 3.63) is 35.9 Å². The van der Waals surface area contributed by atoms with Gasteiger partial charge in [-0.2, -0.15) is 0 Å². The molecule has 1 aromatic carbocycles. The highest BCUT2D eigenvalue weighted by molar-refractivity contribution is 5.85. The third-order valence-corrected chi connectivity index (χ3v) is 3.82. The number of benzene rings is 1. The van der Waals surface area contributed by atoms with Gasteiger partial charge in [-0.3, -0.25) is 0 Å². The second-order valence-corrected chi connectivity index (χ2v) is 5.10. The van der Waals surface area contributed by atoms with Crippen LogP contribution < -0.4 is 10.6 Å². The minimum atomic E-state index is -0.307. The van der Waals surface area contributed by atoms with Gasteiger partial charge in [0.1, 0.15) is 6.61 Å². The largest absolute Gasteiger partial charge is 0.445 e. The van der Waals surface area contributed by atoms with Crippen molar-refractivity contribution < 1.29 is 9.53 Å². The maximum atomic E-state index is 11.7. The molecule has 2 aliphatic heterocycles. The summed E-state index contributed by atoms with van der Waals surface area (Å²) in [5.74, 6) is 0. The van der Waals surface area contributed by atoms with Gasteiger partial charge in [0.2, 0.25) is 0 Å². The number of carbonyl (C=O) groups excluding carboxylic acids is 1. The van der Waals surface area contributed by atoms with Crippen molar-refractivity contribution in [2.24, 2.45) is 0 Å². The first-order chi connectivity index (χ1) is 8.81. The molecule has 2 heterocycles. The summed E-state index contributed by atoms with van der Waals surface area (Å²) in [7, 11) is 0. The molecule has 0 aromatic heterocycles. The van der Waals surface area contributed by atoms with Gasteiger partial charge in [-0.1, -0.05) is 30.3 Å². The summed E-state index contributed by atoms with van der Waals surface area (Å²) in [4.78, 5) is 11.7. The van der Waals surface area contributed by atoms with Crippen molar-refractivity contribution in [1.82, 2.24) is 10.6 Å². The molecule has 1 amide bonds. The zero-order valence-corrected chi connectivity index (χ0v) is 11.5. The number of fused-ring (bicyclic) bond motifs is 2. The minimum absolute atomic E-state index is 0. The van der Waals surface area contributed by atoms with E-state index in [1.807, 2.05) is 30.3 Å². The normalized spacial score (nSPS) is 27.7. The SMILES string of the molecule is Cl.O=C(N[C@@H]1C[C@@H]2CC[C@H]1N2)OCc1ccccc1. The molecule has 0 unspecified atom stereocenters. The number of hydrogen-bond donors (Lipinski definition) is 2. The lowest BCUT2D eigenvalue weighted by atomic mass is 9.96. The number of rotatable bonds is 3. The quantitative estimate of drug-likeness (QED) is 0.894. The summed E-state index contributed by atoms with van der Waals surface area (Å²) < 4.78 is 5.22. The minimum Gasteiger partial charge on any atom is -0.445 e. The Balaban J connectivity index is 0.00000133. The fraction of sp³-hybridized carbons (Fsp3) is 0.500. The maximum Gasteiger partial charge on any atom is 0.407 e. The van der Waals surface area contributed by atoms with Crippen molar-refractivity contribution in [2.45, 2.75) is 44.0 Å². The average molecular weight is 283 g/mol. The molecule has 19 heavy (non-hydrogen) atoms. The van der Waals surface area contributed by atoms with E-state index in [1.54, 1.807) is 0 Å². The van der Waals surface area contributed by atoms with E-state index in [9.17, 15) is 4.79 Å². The zero-order valence-electron chi connectivity index (χ0n) is 10.7. The van der Waals surface area contributed by atoms with Crippen molar-refractivity contribution in [1.29, 1.82) is 0 Å². The molecular weight excluding hydrogens is 264 g/mol. The number of alkyl carbamates (subject to hydrolysis) is 1. The van der Waals surface area contributed by atoms with Crippen LogP contribution in [0.4, 0.5) is 4.79 Å². The third kappa shape index (κ3) is 3.39. The number of hydrogen-bond acceptors (Lipinski definition) is 3. The molecule has 0 saturated carbocycles. The molecule has 3 rings (SSSR count). The Morgan fingerprint density at radius 2 is 2.11 bits per heavy atom. The molecule has 2 aliphatic rings. The second-order valence-electron chi connectivity index (χ2n) is 5.10. The van der Waals surface area contributed by atoms with Crippen LogP contribution in [-0.2, 0) is 11.3 Å². The highest BCUT2D eigenvalue weighted by Gasteiger charge is 2.39. The van der Waals surface area contributed by atoms with Crippen molar-refractivity contribution in [3.63, 3.8) is 0 Å². The van der Waals surface area contributed by atoms with Crippen molar-refractivity contribution >= 4 is 18.5 Å². The molecule has 104 valence electrons. The Kier molecular flexibility index (Phi) is 4.66. The summed E-state index contributed by atoms with van der Waals surface area (Å²) in [5.41, 5.74) is 1.01. The van der Waals surface area contributed by atoms with Gasteiger partial charge in [0.25, 0.3) is 0 Å². The lowest BCUT2D eigenvalue weighted by molar-refractivity contribution is 0.134. The molecule has 0 spiro atoms. The van der Waals surface area contributed by atoms with Gasteiger partial charge >= 0.3 is 6.09 Å². The van der Waals surface area contributed by atoms with E-state index in [0.29, 0.717) is 18.7 Å². The van der Waals surface area contributed by atoms with Gasteiger partial charge in [-0.25, -0.2) is 4.79 Å². The highest BCUT2D eigenvalue weighted by Crippen LogP contribution is 2.28. The first-order valence-corrected chi connectivity index (χ1v) is 6.54. The summed E-state index contributed by atoms with van der Waals surface area (Å²) in [6.07, 6.45) is 3.12.